The number of nitrogens with one attached hydrogen (secondary N) is 4. The van der Waals surface area contributed by atoms with Crippen LogP contribution in [0.15, 0.2) is 96.4 Å². The van der Waals surface area contributed by atoms with Gasteiger partial charge in [-0.3, -0.25) is 34.3 Å². The zero-order chi connectivity index (χ0) is 52.5. The van der Waals surface area contributed by atoms with E-state index in [1.807, 2.05) is 93.4 Å². The minimum Gasteiger partial charge on any atom is -0.494 e. The highest BCUT2D eigenvalue weighted by molar-refractivity contribution is 6.07. The molecule has 0 aliphatic carbocycles. The van der Waals surface area contributed by atoms with Gasteiger partial charge in [-0.15, -0.1) is 0 Å². The number of carbonyl (C=O) groups is 5. The van der Waals surface area contributed by atoms with Crippen LogP contribution in [-0.2, 0) is 35.1 Å². The number of piperidine rings is 1. The first-order valence-electron chi connectivity index (χ1n) is 25.9. The molecule has 1 aromatic heterocycles. The number of hydrogen-bond acceptors (Lipinski definition) is 13. The molecule has 74 heavy (non-hydrogen) atoms. The zero-order valence-corrected chi connectivity index (χ0v) is 43.4. The van der Waals surface area contributed by atoms with E-state index < -0.39 is 11.9 Å². The summed E-state index contributed by atoms with van der Waals surface area (Å²) >= 11 is 0. The van der Waals surface area contributed by atoms with Crippen molar-refractivity contribution < 1.29 is 42.9 Å². The minimum absolute atomic E-state index is 0.135. The van der Waals surface area contributed by atoms with Crippen molar-refractivity contribution in [2.75, 3.05) is 77.0 Å². The number of aliphatic imine (C=N–C) groups is 1. The number of fused-ring (bicyclic) bond motifs is 1. The van der Waals surface area contributed by atoms with Gasteiger partial charge in [-0.2, -0.15) is 0 Å². The summed E-state index contributed by atoms with van der Waals surface area (Å²) in [7, 11) is 1.97. The van der Waals surface area contributed by atoms with Crippen LogP contribution in [0.1, 0.15) is 129 Å². The summed E-state index contributed by atoms with van der Waals surface area (Å²) in [6, 6.07) is 21.5. The van der Waals surface area contributed by atoms with E-state index in [1.165, 1.54) is 11.2 Å². The third kappa shape index (κ3) is 17.3. The molecule has 4 aromatic rings. The standard InChI is InChI=1S/C56H73N9O9/c1-5-49(48-27-28-57-39-60-48)64(4)51(58-6-2)37-59-43-17-14-16-42(36-43)54(68)61-40(3)41-21-23-44(24-22-41)74-31-13-8-7-11-29-71-32-34-73-35-33-72-30-12-9-10-20-52(66)62-47-19-15-18-45-46(47)38-65(56(45)70)50-25-26-53(67)63-55(50)69/h5,14-19,21-24,27-28,36,39-40,50,59H,6-13,20,25-26,29-35,37-38H2,1-4H3,(H,61,68)(H,62,66)(H,63,67,69)/b49-5-,58-51?/t40-,50?/m0/s1. The lowest BCUT2D eigenvalue weighted by Gasteiger charge is -2.29. The molecule has 4 N–H and O–H groups in total. The molecule has 0 bridgehead atoms. The number of carbonyl (C=O) groups excluding carboxylic acids is 5. The van der Waals surface area contributed by atoms with Crippen molar-refractivity contribution in [3.63, 3.8) is 0 Å². The summed E-state index contributed by atoms with van der Waals surface area (Å²) in [6.07, 6.45) is 12.4. The van der Waals surface area contributed by atoms with Gasteiger partial charge in [0.15, 0.2) is 0 Å². The Morgan fingerprint density at radius 2 is 1.58 bits per heavy atom. The Morgan fingerprint density at radius 1 is 0.878 bits per heavy atom. The average Bonchev–Trinajstić information content (AvgIpc) is 3.74. The monoisotopic (exact) mass is 1020 g/mol. The number of unbranched alkanes of at least 4 members (excludes halogenated alkanes) is 5. The first-order valence-corrected chi connectivity index (χ1v) is 25.9. The number of ether oxygens (including phenoxy) is 4. The quantitative estimate of drug-likeness (QED) is 0.0165. The molecule has 0 spiro atoms. The highest BCUT2D eigenvalue weighted by atomic mass is 16.5. The van der Waals surface area contributed by atoms with Gasteiger partial charge in [-0.1, -0.05) is 43.2 Å². The van der Waals surface area contributed by atoms with E-state index >= 15 is 0 Å². The van der Waals surface area contributed by atoms with Gasteiger partial charge in [0.25, 0.3) is 11.8 Å². The Labute approximate surface area is 435 Å². The van der Waals surface area contributed by atoms with Gasteiger partial charge >= 0.3 is 0 Å². The maximum atomic E-state index is 13.3. The number of likely N-dealkylation sites (N-methyl/N-ethyl adjacent to an activating group) is 1. The molecule has 2 atom stereocenters. The van der Waals surface area contributed by atoms with Crippen LogP contribution < -0.4 is 26.0 Å². The molecule has 0 saturated carbocycles. The fraction of sp³-hybridized carbons (Fsp3) is 0.464. The molecule has 3 aromatic carbocycles. The third-order valence-corrected chi connectivity index (χ3v) is 12.8. The van der Waals surface area contributed by atoms with Crippen molar-refractivity contribution in [2.24, 2.45) is 4.99 Å². The van der Waals surface area contributed by atoms with E-state index in [9.17, 15) is 24.0 Å². The third-order valence-electron chi connectivity index (χ3n) is 12.8. The van der Waals surface area contributed by atoms with Gasteiger partial charge in [0.2, 0.25) is 17.7 Å². The zero-order valence-electron chi connectivity index (χ0n) is 43.4. The van der Waals surface area contributed by atoms with Crippen LogP contribution >= 0.6 is 0 Å². The smallest absolute Gasteiger partial charge is 0.255 e. The molecule has 6 rings (SSSR count). The molecular formula is C56H73N9O9. The van der Waals surface area contributed by atoms with Crippen LogP contribution in [0.5, 0.6) is 5.75 Å². The van der Waals surface area contributed by atoms with Crippen LogP contribution in [-0.4, -0.2) is 128 Å². The van der Waals surface area contributed by atoms with Gasteiger partial charge in [0.1, 0.15) is 24.0 Å². The predicted molar refractivity (Wildman–Crippen MR) is 285 cm³/mol. The number of imide groups is 1. The summed E-state index contributed by atoms with van der Waals surface area (Å²) in [5.74, 6) is 0.266. The Hall–Kier alpha value is -7.02. The molecule has 2 aliphatic rings. The summed E-state index contributed by atoms with van der Waals surface area (Å²) in [6.45, 7) is 11.2. The fourth-order valence-electron chi connectivity index (χ4n) is 8.70. The molecule has 0 radical (unpaired) electrons. The molecule has 1 unspecified atom stereocenters. The number of anilines is 2. The van der Waals surface area contributed by atoms with E-state index in [1.54, 1.807) is 24.4 Å². The van der Waals surface area contributed by atoms with Gasteiger partial charge in [0, 0.05) is 80.5 Å². The van der Waals surface area contributed by atoms with E-state index in [-0.39, 0.29) is 49.1 Å². The first kappa shape index (κ1) is 56.3. The maximum absolute atomic E-state index is 13.3. The largest absolute Gasteiger partial charge is 0.494 e. The summed E-state index contributed by atoms with van der Waals surface area (Å²) < 4.78 is 23.0. The van der Waals surface area contributed by atoms with Gasteiger partial charge in [0.05, 0.1) is 57.0 Å². The van der Waals surface area contributed by atoms with Crippen molar-refractivity contribution in [3.8, 4) is 5.75 Å². The number of allylic oxidation sites excluding steroid dienone is 1. The number of aromatic nitrogens is 2. The number of hydrogen-bond donors (Lipinski definition) is 4. The van der Waals surface area contributed by atoms with E-state index in [2.05, 4.69) is 31.2 Å². The van der Waals surface area contributed by atoms with Gasteiger partial charge < -0.3 is 44.7 Å². The predicted octanol–water partition coefficient (Wildman–Crippen LogP) is 7.74. The summed E-state index contributed by atoms with van der Waals surface area (Å²) in [4.78, 5) is 79.7. The lowest BCUT2D eigenvalue weighted by molar-refractivity contribution is -0.137. The van der Waals surface area contributed by atoms with Crippen molar-refractivity contribution in [1.82, 2.24) is 30.4 Å². The Morgan fingerprint density at radius 3 is 2.27 bits per heavy atom. The van der Waals surface area contributed by atoms with Crippen molar-refractivity contribution in [2.45, 2.75) is 104 Å². The van der Waals surface area contributed by atoms with Gasteiger partial charge in [-0.25, -0.2) is 9.97 Å². The normalized spacial score (nSPS) is 15.1. The number of amidine groups is 1. The van der Waals surface area contributed by atoms with E-state index in [0.29, 0.717) is 94.6 Å². The first-order chi connectivity index (χ1) is 36.1. The molecule has 5 amide bonds. The highest BCUT2D eigenvalue weighted by Gasteiger charge is 2.40. The lowest BCUT2D eigenvalue weighted by Crippen LogP contribution is -2.52. The molecule has 3 heterocycles. The second kappa shape index (κ2) is 30.2. The summed E-state index contributed by atoms with van der Waals surface area (Å²) in [5.41, 5.74) is 5.80. The molecule has 1 saturated heterocycles. The number of rotatable bonds is 31. The second-order valence-electron chi connectivity index (χ2n) is 18.1. The number of amides is 5. The molecule has 18 nitrogen and oxygen atoms in total. The minimum atomic E-state index is -0.705. The van der Waals surface area contributed by atoms with E-state index in [4.69, 9.17) is 23.9 Å². The Bertz CT molecular complexity index is 2520. The number of benzene rings is 3. The second-order valence-corrected chi connectivity index (χ2v) is 18.1. The topological polar surface area (TPSA) is 215 Å². The fourth-order valence-corrected chi connectivity index (χ4v) is 8.70. The highest BCUT2D eigenvalue weighted by Crippen LogP contribution is 2.32. The van der Waals surface area contributed by atoms with Crippen LogP contribution in [0.3, 0.4) is 0 Å². The van der Waals surface area contributed by atoms with Crippen molar-refractivity contribution >= 4 is 52.4 Å². The molecule has 2 aliphatic heterocycles. The number of nitrogens with zero attached hydrogens (tertiary/aromatic N) is 5. The van der Waals surface area contributed by atoms with Gasteiger partial charge in [-0.05, 0) is 113 Å². The molecule has 18 heteroatoms. The molecule has 396 valence electrons. The van der Waals surface area contributed by atoms with E-state index in [0.717, 1.165) is 72.8 Å². The SMILES string of the molecule is C/C=C(/c1ccncn1)N(C)C(CNc1cccc(C(=O)N[C@@H](C)c2ccc(OCCCCCCOCCOCCOCCCCCC(=O)Nc3cccc4c3CN(C3CCC(=O)NC3=O)C4=O)cc2)c1)=NCC. The Balaban J connectivity index is 0.732. The Kier molecular flexibility index (Phi) is 23.0. The van der Waals surface area contributed by atoms with Crippen LogP contribution in [0.2, 0.25) is 0 Å². The molecule has 1 fully saturated rings. The molecular weight excluding hydrogens is 943 g/mol. The van der Waals surface area contributed by atoms with Crippen LogP contribution in [0.4, 0.5) is 11.4 Å². The maximum Gasteiger partial charge on any atom is 0.255 e. The van der Waals surface area contributed by atoms with Crippen molar-refractivity contribution in [1.29, 1.82) is 0 Å². The van der Waals surface area contributed by atoms with Crippen LogP contribution in [0.25, 0.3) is 5.70 Å². The average molecular weight is 1020 g/mol. The van der Waals surface area contributed by atoms with Crippen LogP contribution in [0, 0.1) is 0 Å². The van der Waals surface area contributed by atoms with Crippen molar-refractivity contribution in [3.05, 3.63) is 119 Å². The summed E-state index contributed by atoms with van der Waals surface area (Å²) in [5, 5.41) is 11.8. The lowest BCUT2D eigenvalue weighted by atomic mass is 10.0.